The van der Waals surface area contributed by atoms with Gasteiger partial charge in [0.15, 0.2) is 5.85 Å². The number of ether oxygens (including phenoxy) is 1. The summed E-state index contributed by atoms with van der Waals surface area (Å²) in [6.07, 6.45) is 2.51. The lowest BCUT2D eigenvalue weighted by atomic mass is 10.2. The zero-order chi connectivity index (χ0) is 20.8. The van der Waals surface area contributed by atoms with Crippen LogP contribution >= 0.6 is 15.4 Å². The third-order valence-corrected chi connectivity index (χ3v) is 6.01. The molecule has 9 N–H and O–H groups in total. The average Bonchev–Trinajstić information content (AvgIpc) is 3.01. The van der Waals surface area contributed by atoms with E-state index in [-0.39, 0.29) is 24.8 Å². The Kier molecular flexibility index (Phi) is 8.70. The summed E-state index contributed by atoms with van der Waals surface area (Å²) in [4.78, 5) is 39.9. The van der Waals surface area contributed by atoms with Gasteiger partial charge >= 0.3 is 21.1 Å². The fourth-order valence-electron chi connectivity index (χ4n) is 2.01. The van der Waals surface area contributed by atoms with Crippen molar-refractivity contribution < 1.29 is 43.1 Å². The molecule has 16 heteroatoms. The van der Waals surface area contributed by atoms with Gasteiger partial charge in [-0.25, -0.2) is 13.7 Å². The number of phosphoric acid groups is 1. The number of nitrogens with two attached hydrogens (primary N) is 2. The molecule has 2 unspecified atom stereocenters. The summed E-state index contributed by atoms with van der Waals surface area (Å²) in [6.45, 7) is -0.651. The van der Waals surface area contributed by atoms with Crippen LogP contribution in [0.3, 0.4) is 0 Å². The maximum atomic E-state index is 11.5. The van der Waals surface area contributed by atoms with Crippen LogP contribution in [0.5, 0.6) is 0 Å². The van der Waals surface area contributed by atoms with Gasteiger partial charge in [0.25, 0.3) is 0 Å². The molecule has 0 spiro atoms. The predicted octanol–water partition coefficient (Wildman–Crippen LogP) is -1.95. The van der Waals surface area contributed by atoms with Gasteiger partial charge in [-0.15, -0.1) is 0 Å². The molecule has 14 nitrogen and oxygen atoms in total. The van der Waals surface area contributed by atoms with E-state index in [0.717, 1.165) is 6.42 Å². The minimum absolute atomic E-state index is 0.0202. The van der Waals surface area contributed by atoms with Gasteiger partial charge in [0, 0.05) is 12.7 Å². The second kappa shape index (κ2) is 9.85. The number of hydrogen-bond acceptors (Lipinski definition) is 10. The van der Waals surface area contributed by atoms with Crippen molar-refractivity contribution in [3.05, 3.63) is 22.7 Å². The highest BCUT2D eigenvalue weighted by molar-refractivity contribution is 7.63. The molecule has 1 aromatic rings. The van der Waals surface area contributed by atoms with Gasteiger partial charge in [-0.05, 0) is 18.9 Å². The molecule has 2 heterocycles. The highest BCUT2D eigenvalue weighted by atomic mass is 31.3. The molecule has 1 aliphatic heterocycles. The SMILES string of the molecule is NCC(O)P(=O)(O)OP(=O)(O)O.Nc1ccn([C@H]2CC[C@@H](CO)O2)c(=O)n1. The van der Waals surface area contributed by atoms with Crippen molar-refractivity contribution in [3.63, 3.8) is 0 Å². The summed E-state index contributed by atoms with van der Waals surface area (Å²) in [6, 6.07) is 1.55. The smallest absolute Gasteiger partial charge is 0.394 e. The number of anilines is 1. The molecular weight excluding hydrogens is 410 g/mol. The van der Waals surface area contributed by atoms with Gasteiger partial charge in [-0.1, -0.05) is 0 Å². The maximum Gasteiger partial charge on any atom is 0.476 e. The maximum absolute atomic E-state index is 11.5. The molecule has 156 valence electrons. The molecule has 2 rings (SSSR count). The Morgan fingerprint density at radius 1 is 1.37 bits per heavy atom. The molecule has 27 heavy (non-hydrogen) atoms. The summed E-state index contributed by atoms with van der Waals surface area (Å²) in [5.41, 5.74) is 9.72. The lowest BCUT2D eigenvalue weighted by molar-refractivity contribution is -0.0245. The van der Waals surface area contributed by atoms with Crippen molar-refractivity contribution >= 4 is 21.2 Å². The van der Waals surface area contributed by atoms with Gasteiger partial charge in [0.2, 0.25) is 0 Å². The average molecular weight is 432 g/mol. The third-order valence-electron chi connectivity index (χ3n) is 3.26. The summed E-state index contributed by atoms with van der Waals surface area (Å²) < 4.78 is 31.0. The number of aliphatic hydroxyl groups is 2. The molecule has 1 aromatic heterocycles. The van der Waals surface area contributed by atoms with Crippen LogP contribution in [0.1, 0.15) is 19.1 Å². The molecule has 0 aliphatic carbocycles. The second-order valence-corrected chi connectivity index (χ2v) is 8.73. The number of hydrogen-bond donors (Lipinski definition) is 7. The van der Waals surface area contributed by atoms with Crippen molar-refractivity contribution in [3.8, 4) is 0 Å². The van der Waals surface area contributed by atoms with E-state index in [0.29, 0.717) is 6.42 Å². The molecule has 0 aromatic carbocycles. The highest BCUT2D eigenvalue weighted by Gasteiger charge is 2.37. The summed E-state index contributed by atoms with van der Waals surface area (Å²) >= 11 is 0. The van der Waals surface area contributed by atoms with Crippen molar-refractivity contribution in [1.29, 1.82) is 0 Å². The minimum Gasteiger partial charge on any atom is -0.394 e. The van der Waals surface area contributed by atoms with Crippen molar-refractivity contribution in [1.82, 2.24) is 9.55 Å². The Labute approximate surface area is 153 Å². The van der Waals surface area contributed by atoms with Gasteiger partial charge in [0.05, 0.1) is 12.7 Å². The Bertz CT molecular complexity index is 768. The second-order valence-electron chi connectivity index (χ2n) is 5.37. The van der Waals surface area contributed by atoms with Crippen LogP contribution in [0.25, 0.3) is 0 Å². The fraction of sp³-hybridized carbons (Fsp3) is 0.636. The van der Waals surface area contributed by atoms with E-state index < -0.39 is 33.5 Å². The van der Waals surface area contributed by atoms with E-state index in [1.807, 2.05) is 0 Å². The minimum atomic E-state index is -5.08. The van der Waals surface area contributed by atoms with Crippen molar-refractivity contribution in [2.75, 3.05) is 18.9 Å². The van der Waals surface area contributed by atoms with E-state index in [2.05, 4.69) is 9.29 Å². The van der Waals surface area contributed by atoms with E-state index in [4.69, 9.17) is 41.1 Å². The summed E-state index contributed by atoms with van der Waals surface area (Å²) in [7, 11) is -9.82. The van der Waals surface area contributed by atoms with Gasteiger partial charge in [-0.2, -0.15) is 4.98 Å². The van der Waals surface area contributed by atoms with E-state index >= 15 is 0 Å². The van der Waals surface area contributed by atoms with Crippen molar-refractivity contribution in [2.45, 2.75) is 31.0 Å². The van der Waals surface area contributed by atoms with Gasteiger partial charge in [-0.3, -0.25) is 9.13 Å². The van der Waals surface area contributed by atoms with Crippen LogP contribution in [0.4, 0.5) is 5.82 Å². The zero-order valence-electron chi connectivity index (χ0n) is 13.9. The van der Waals surface area contributed by atoms with Crippen LogP contribution < -0.4 is 17.2 Å². The first kappa shape index (κ1) is 23.9. The van der Waals surface area contributed by atoms with E-state index in [1.54, 1.807) is 12.3 Å². The van der Waals surface area contributed by atoms with Crippen LogP contribution in [-0.4, -0.2) is 59.5 Å². The first-order chi connectivity index (χ1) is 12.4. The highest BCUT2D eigenvalue weighted by Crippen LogP contribution is 2.58. The molecular formula is C11H22N4O10P2. The summed E-state index contributed by atoms with van der Waals surface area (Å²) in [5.74, 6) is -1.79. The van der Waals surface area contributed by atoms with Gasteiger partial charge < -0.3 is 41.1 Å². The number of rotatable bonds is 6. The van der Waals surface area contributed by atoms with Crippen molar-refractivity contribution in [2.24, 2.45) is 5.73 Å². The van der Waals surface area contributed by atoms with Crippen LogP contribution in [0.2, 0.25) is 0 Å². The lowest BCUT2D eigenvalue weighted by Crippen LogP contribution is -2.27. The standard InChI is InChI=1S/C9H13N3O3.C2H9NO7P2/c10-7-3-4-12(9(14)11-7)8-2-1-6(5-13)15-8;3-1-2(4)11(5,6)10-12(7,8)9/h3-4,6,8,13H,1-2,5H2,(H2,10,11,14);2,4H,1,3H2,(H,5,6)(H2,7,8,9)/t6-,8+;/m0./s1. The van der Waals surface area contributed by atoms with E-state index in [9.17, 15) is 13.9 Å². The summed E-state index contributed by atoms with van der Waals surface area (Å²) in [5, 5.41) is 17.5. The largest absolute Gasteiger partial charge is 0.476 e. The monoisotopic (exact) mass is 432 g/mol. The molecule has 1 saturated heterocycles. The number of aromatic nitrogens is 2. The first-order valence-corrected chi connectivity index (χ1v) is 10.7. The molecule has 1 fully saturated rings. The van der Waals surface area contributed by atoms with Crippen LogP contribution in [0, 0.1) is 0 Å². The number of aliphatic hydroxyl groups excluding tert-OH is 2. The Hall–Kier alpha value is -1.18. The van der Waals surface area contributed by atoms with Crippen LogP contribution in [0.15, 0.2) is 17.1 Å². The van der Waals surface area contributed by atoms with Gasteiger partial charge in [0.1, 0.15) is 12.0 Å². The molecule has 1 aliphatic rings. The van der Waals surface area contributed by atoms with E-state index in [1.165, 1.54) is 4.57 Å². The Morgan fingerprint density at radius 3 is 2.44 bits per heavy atom. The third kappa shape index (κ3) is 7.76. The first-order valence-electron chi connectivity index (χ1n) is 7.48. The topological polar surface area (TPSA) is 241 Å². The number of nitrogen functional groups attached to an aromatic ring is 1. The Morgan fingerprint density at radius 2 is 2.00 bits per heavy atom. The molecule has 0 bridgehead atoms. The molecule has 0 saturated carbocycles. The molecule has 4 atom stereocenters. The lowest BCUT2D eigenvalue weighted by Gasteiger charge is -2.16. The molecule has 0 radical (unpaired) electrons. The molecule has 0 amide bonds. The normalized spacial score (nSPS) is 23.2. The zero-order valence-corrected chi connectivity index (χ0v) is 15.7. The Balaban J connectivity index is 0.000000279. The number of nitrogens with zero attached hydrogens (tertiary/aromatic N) is 2. The quantitative estimate of drug-likeness (QED) is 0.242. The fourth-order valence-corrected chi connectivity index (χ4v) is 3.93. The van der Waals surface area contributed by atoms with Crippen LogP contribution in [-0.2, 0) is 18.2 Å². The predicted molar refractivity (Wildman–Crippen MR) is 91.2 cm³/mol.